The van der Waals surface area contributed by atoms with Crippen LogP contribution in [0.2, 0.25) is 0 Å². The van der Waals surface area contributed by atoms with E-state index in [2.05, 4.69) is 25.4 Å². The van der Waals surface area contributed by atoms with E-state index in [9.17, 15) is 14.3 Å². The van der Waals surface area contributed by atoms with E-state index in [0.717, 1.165) is 6.20 Å². The van der Waals surface area contributed by atoms with Crippen LogP contribution < -0.4 is 5.32 Å². The van der Waals surface area contributed by atoms with E-state index in [-0.39, 0.29) is 23.6 Å². The quantitative estimate of drug-likeness (QED) is 0.538. The van der Waals surface area contributed by atoms with E-state index >= 15 is 4.39 Å². The molecule has 2 heterocycles. The molecule has 3 aromatic rings. The van der Waals surface area contributed by atoms with Crippen molar-refractivity contribution in [3.63, 3.8) is 0 Å². The average molecular weight is 430 g/mol. The van der Waals surface area contributed by atoms with Crippen molar-refractivity contribution in [2.45, 2.75) is 45.3 Å². The Morgan fingerprint density at radius 1 is 1.26 bits per heavy atom. The Labute approximate surface area is 178 Å². The highest BCUT2D eigenvalue weighted by Crippen LogP contribution is 2.40. The molecule has 0 amide bonds. The van der Waals surface area contributed by atoms with Crippen LogP contribution in [0.15, 0.2) is 37.3 Å². The van der Waals surface area contributed by atoms with Crippen molar-refractivity contribution >= 4 is 11.5 Å². The van der Waals surface area contributed by atoms with E-state index in [1.54, 1.807) is 13.8 Å². The lowest BCUT2D eigenvalue weighted by atomic mass is 9.79. The van der Waals surface area contributed by atoms with E-state index in [1.807, 2.05) is 0 Å². The highest BCUT2D eigenvalue weighted by molar-refractivity contribution is 5.76. The lowest BCUT2D eigenvalue weighted by Gasteiger charge is -2.35. The molecule has 2 aromatic heterocycles. The lowest BCUT2D eigenvalue weighted by Crippen LogP contribution is -2.39. The minimum Gasteiger partial charge on any atom is -0.384 e. The lowest BCUT2D eigenvalue weighted by molar-refractivity contribution is -0.116. The number of hydrogen-bond acceptors (Lipinski definition) is 7. The zero-order valence-corrected chi connectivity index (χ0v) is 17.5. The van der Waals surface area contributed by atoms with Gasteiger partial charge in [0, 0.05) is 30.1 Å². The second kappa shape index (κ2) is 9.25. The van der Waals surface area contributed by atoms with E-state index in [0.29, 0.717) is 24.2 Å². The maximum Gasteiger partial charge on any atom is 0.163 e. The molecule has 0 aliphatic carbocycles. The Hall–Kier alpha value is -3.27. The number of carbonyl (C=O) groups is 1. The molecular formula is C21H24F2N6O2. The zero-order chi connectivity index (χ0) is 22.6. The maximum atomic E-state index is 15.3. The second-order valence-corrected chi connectivity index (χ2v) is 7.52. The molecule has 164 valence electrons. The molecule has 0 aliphatic heterocycles. The Morgan fingerprint density at radius 3 is 2.68 bits per heavy atom. The Bertz CT molecular complexity index is 1060. The number of nitrogens with one attached hydrogen (secondary N) is 1. The number of hydrogen-bond donors (Lipinski definition) is 2. The summed E-state index contributed by atoms with van der Waals surface area (Å²) in [6, 6.07) is 2.78. The fourth-order valence-electron chi connectivity index (χ4n) is 3.46. The number of benzene rings is 1. The van der Waals surface area contributed by atoms with Crippen LogP contribution in [0.4, 0.5) is 14.5 Å². The van der Waals surface area contributed by atoms with Crippen molar-refractivity contribution in [1.29, 1.82) is 0 Å². The molecule has 10 heteroatoms. The van der Waals surface area contributed by atoms with E-state index in [4.69, 9.17) is 0 Å². The molecule has 0 radical (unpaired) electrons. The fourth-order valence-corrected chi connectivity index (χ4v) is 3.46. The van der Waals surface area contributed by atoms with Crippen molar-refractivity contribution < 1.29 is 18.7 Å². The third kappa shape index (κ3) is 4.91. The first-order valence-corrected chi connectivity index (χ1v) is 9.76. The smallest absolute Gasteiger partial charge is 0.163 e. The van der Waals surface area contributed by atoms with Crippen LogP contribution >= 0.6 is 0 Å². The molecule has 0 saturated heterocycles. The third-order valence-electron chi connectivity index (χ3n) is 5.27. The SMILES string of the molecule is CC(=O)CCNc1cc(F)c([C@@](O)(Cn2cncn2)[C@@H](C)c2ncncc2F)cc1C. The molecule has 0 unspecified atom stereocenters. The van der Waals surface area contributed by atoms with Crippen molar-refractivity contribution in [3.8, 4) is 0 Å². The molecule has 0 fully saturated rings. The van der Waals surface area contributed by atoms with Gasteiger partial charge >= 0.3 is 0 Å². The van der Waals surface area contributed by atoms with Crippen molar-refractivity contribution in [3.05, 3.63) is 65.8 Å². The fraction of sp³-hybridized carbons (Fsp3) is 0.381. The summed E-state index contributed by atoms with van der Waals surface area (Å²) < 4.78 is 31.0. The molecular weight excluding hydrogens is 406 g/mol. The van der Waals surface area contributed by atoms with Crippen LogP contribution in [0.3, 0.4) is 0 Å². The number of nitrogens with zero attached hydrogens (tertiary/aromatic N) is 5. The normalized spacial score (nSPS) is 14.1. The number of Topliss-reactive ketones (excluding diaryl/α,β-unsaturated/α-hetero) is 1. The maximum absolute atomic E-state index is 15.3. The summed E-state index contributed by atoms with van der Waals surface area (Å²) in [5, 5.41) is 18.8. The van der Waals surface area contributed by atoms with Gasteiger partial charge < -0.3 is 10.4 Å². The van der Waals surface area contributed by atoms with Crippen molar-refractivity contribution in [2.75, 3.05) is 11.9 Å². The van der Waals surface area contributed by atoms with Gasteiger partial charge in [0.15, 0.2) is 5.82 Å². The second-order valence-electron chi connectivity index (χ2n) is 7.52. The number of rotatable bonds is 9. The summed E-state index contributed by atoms with van der Waals surface area (Å²) >= 11 is 0. The number of carbonyl (C=O) groups excluding carboxylic acids is 1. The average Bonchev–Trinajstić information content (AvgIpc) is 3.22. The molecule has 0 aliphatic rings. The molecule has 0 spiro atoms. The largest absolute Gasteiger partial charge is 0.384 e. The van der Waals surface area contributed by atoms with Crippen LogP contribution in [0.5, 0.6) is 0 Å². The van der Waals surface area contributed by atoms with E-state index < -0.39 is 23.2 Å². The number of aromatic nitrogens is 5. The number of aliphatic hydroxyl groups is 1. The third-order valence-corrected chi connectivity index (χ3v) is 5.27. The van der Waals surface area contributed by atoms with Gasteiger partial charge in [-0.25, -0.2) is 28.4 Å². The van der Waals surface area contributed by atoms with Gasteiger partial charge in [-0.1, -0.05) is 6.92 Å². The Kier molecular flexibility index (Phi) is 6.69. The van der Waals surface area contributed by atoms with Gasteiger partial charge in [-0.15, -0.1) is 0 Å². The van der Waals surface area contributed by atoms with E-state index in [1.165, 1.54) is 42.7 Å². The molecule has 3 rings (SSSR count). The molecule has 2 N–H and O–H groups in total. The molecule has 1 aromatic carbocycles. The minimum atomic E-state index is -1.89. The monoisotopic (exact) mass is 430 g/mol. The topological polar surface area (TPSA) is 106 Å². The molecule has 0 saturated carbocycles. The van der Waals surface area contributed by atoms with Crippen LogP contribution in [-0.4, -0.2) is 42.2 Å². The van der Waals surface area contributed by atoms with Crippen LogP contribution in [0, 0.1) is 18.6 Å². The first kappa shape index (κ1) is 22.4. The predicted octanol–water partition coefficient (Wildman–Crippen LogP) is 2.74. The minimum absolute atomic E-state index is 0.0187. The number of halogens is 2. The number of anilines is 1. The summed E-state index contributed by atoms with van der Waals surface area (Å²) in [7, 11) is 0. The molecule has 2 atom stereocenters. The highest BCUT2D eigenvalue weighted by atomic mass is 19.1. The molecule has 0 bridgehead atoms. The highest BCUT2D eigenvalue weighted by Gasteiger charge is 2.42. The summed E-state index contributed by atoms with van der Waals surface area (Å²) in [6.45, 7) is 4.99. The van der Waals surface area contributed by atoms with Crippen molar-refractivity contribution in [2.24, 2.45) is 0 Å². The van der Waals surface area contributed by atoms with Gasteiger partial charge in [0.05, 0.1) is 18.4 Å². The standard InChI is InChI=1S/C21H24F2N6O2/c1-13-6-16(17(22)7-19(13)26-5-4-14(2)30)21(31,9-29-12-25-11-28-29)15(3)20-18(23)8-24-10-27-20/h6-8,10-12,15,26,31H,4-5,9H2,1-3H3/t15-,21+/m0/s1. The van der Waals surface area contributed by atoms with Gasteiger partial charge in [-0.2, -0.15) is 5.10 Å². The summed E-state index contributed by atoms with van der Waals surface area (Å²) in [6.07, 6.45) is 5.16. The summed E-state index contributed by atoms with van der Waals surface area (Å²) in [4.78, 5) is 22.6. The van der Waals surface area contributed by atoms with Gasteiger partial charge in [0.2, 0.25) is 0 Å². The van der Waals surface area contributed by atoms with Crippen LogP contribution in [0.1, 0.15) is 43.0 Å². The summed E-state index contributed by atoms with van der Waals surface area (Å²) in [5.41, 5.74) is -0.796. The first-order valence-electron chi connectivity index (χ1n) is 9.76. The molecule has 8 nitrogen and oxygen atoms in total. The van der Waals surface area contributed by atoms with Crippen LogP contribution in [-0.2, 0) is 16.9 Å². The predicted molar refractivity (Wildman–Crippen MR) is 109 cm³/mol. The van der Waals surface area contributed by atoms with Gasteiger partial charge in [0.1, 0.15) is 36.2 Å². The Morgan fingerprint density at radius 2 is 2.03 bits per heavy atom. The molecule has 31 heavy (non-hydrogen) atoms. The van der Waals surface area contributed by atoms with Gasteiger partial charge in [-0.3, -0.25) is 4.79 Å². The first-order chi connectivity index (χ1) is 14.7. The zero-order valence-electron chi connectivity index (χ0n) is 17.5. The number of aryl methyl sites for hydroxylation is 1. The Balaban J connectivity index is 2.04. The summed E-state index contributed by atoms with van der Waals surface area (Å²) in [5.74, 6) is -2.30. The van der Waals surface area contributed by atoms with Gasteiger partial charge in [-0.05, 0) is 31.5 Å². The number of ketones is 1. The van der Waals surface area contributed by atoms with Crippen molar-refractivity contribution in [1.82, 2.24) is 24.7 Å². The van der Waals surface area contributed by atoms with Crippen LogP contribution in [0.25, 0.3) is 0 Å². The van der Waals surface area contributed by atoms with Gasteiger partial charge in [0.25, 0.3) is 0 Å².